The maximum absolute atomic E-state index is 10.3. The molecule has 0 rings (SSSR count). The molecule has 0 bridgehead atoms. The summed E-state index contributed by atoms with van der Waals surface area (Å²) in [6.07, 6.45) is 7.37. The van der Waals surface area contributed by atoms with E-state index < -0.39 is 12.0 Å². The third-order valence-electron chi connectivity index (χ3n) is 2.33. The molecule has 1 atom stereocenters. The standard InChI is InChI=1S/C11H23NO2.K/c1-3-4-5-6-7-8-9-12-10(2)11(13)14;/h10,12H,3-9H2,1-2H3,(H,13,14);/q;+1/p-1. The van der Waals surface area contributed by atoms with E-state index in [1.807, 2.05) is 0 Å². The van der Waals surface area contributed by atoms with E-state index >= 15 is 0 Å². The van der Waals surface area contributed by atoms with Crippen molar-refractivity contribution in [2.75, 3.05) is 6.54 Å². The average molecular weight is 239 g/mol. The quantitative estimate of drug-likeness (QED) is 0.377. The first-order chi connectivity index (χ1) is 6.68. The molecule has 1 N–H and O–H groups in total. The Morgan fingerprint density at radius 1 is 1.20 bits per heavy atom. The Labute approximate surface area is 136 Å². The van der Waals surface area contributed by atoms with Crippen molar-refractivity contribution in [3.8, 4) is 0 Å². The molecule has 0 aliphatic carbocycles. The van der Waals surface area contributed by atoms with Gasteiger partial charge in [-0.3, -0.25) is 0 Å². The van der Waals surface area contributed by atoms with Gasteiger partial charge in [-0.05, 0) is 19.9 Å². The zero-order valence-electron chi connectivity index (χ0n) is 10.3. The number of rotatable bonds is 9. The molecule has 15 heavy (non-hydrogen) atoms. The van der Waals surface area contributed by atoms with Gasteiger partial charge in [-0.15, -0.1) is 0 Å². The van der Waals surface area contributed by atoms with Crippen molar-refractivity contribution in [2.24, 2.45) is 0 Å². The number of carboxylic acids is 1. The van der Waals surface area contributed by atoms with Gasteiger partial charge in [-0.2, -0.15) is 0 Å². The Morgan fingerprint density at radius 2 is 1.73 bits per heavy atom. The van der Waals surface area contributed by atoms with Gasteiger partial charge >= 0.3 is 51.4 Å². The molecule has 0 heterocycles. The number of hydrogen-bond donors (Lipinski definition) is 1. The summed E-state index contributed by atoms with van der Waals surface area (Å²) in [7, 11) is 0. The van der Waals surface area contributed by atoms with Gasteiger partial charge in [0.05, 0.1) is 5.97 Å². The molecule has 3 nitrogen and oxygen atoms in total. The molecule has 0 radical (unpaired) electrons. The van der Waals surface area contributed by atoms with E-state index in [4.69, 9.17) is 0 Å². The molecule has 0 aliphatic rings. The van der Waals surface area contributed by atoms with Gasteiger partial charge in [-0.1, -0.05) is 39.0 Å². The molecule has 0 aromatic rings. The number of carbonyl (C=O) groups excluding carboxylic acids is 1. The number of carbonyl (C=O) groups is 1. The average Bonchev–Trinajstić information content (AvgIpc) is 2.16. The fourth-order valence-corrected chi connectivity index (χ4v) is 1.31. The van der Waals surface area contributed by atoms with E-state index in [0.29, 0.717) is 0 Å². The minimum absolute atomic E-state index is 0. The molecular weight excluding hydrogens is 217 g/mol. The largest absolute Gasteiger partial charge is 1.00 e. The van der Waals surface area contributed by atoms with Crippen LogP contribution in [0.3, 0.4) is 0 Å². The van der Waals surface area contributed by atoms with Crippen molar-refractivity contribution in [3.63, 3.8) is 0 Å². The van der Waals surface area contributed by atoms with E-state index in [-0.39, 0.29) is 51.4 Å². The summed E-state index contributed by atoms with van der Waals surface area (Å²) in [4.78, 5) is 10.3. The predicted octanol–water partition coefficient (Wildman–Crippen LogP) is -1.92. The van der Waals surface area contributed by atoms with Crippen LogP contribution in [-0.4, -0.2) is 18.6 Å². The van der Waals surface area contributed by atoms with Crippen LogP contribution in [0.4, 0.5) is 0 Å². The van der Waals surface area contributed by atoms with Crippen LogP contribution in [-0.2, 0) is 4.79 Å². The molecule has 4 heteroatoms. The van der Waals surface area contributed by atoms with Crippen LogP contribution < -0.4 is 61.8 Å². The van der Waals surface area contributed by atoms with Crippen LogP contribution in [0.5, 0.6) is 0 Å². The number of nitrogens with one attached hydrogen (secondary N) is 1. The Kier molecular flexibility index (Phi) is 16.1. The van der Waals surface area contributed by atoms with E-state index in [2.05, 4.69) is 12.2 Å². The van der Waals surface area contributed by atoms with E-state index in [9.17, 15) is 9.90 Å². The molecule has 84 valence electrons. The van der Waals surface area contributed by atoms with Gasteiger partial charge in [0.2, 0.25) is 0 Å². The maximum Gasteiger partial charge on any atom is 1.00 e. The van der Waals surface area contributed by atoms with Crippen LogP contribution in [0.25, 0.3) is 0 Å². The van der Waals surface area contributed by atoms with Crippen molar-refractivity contribution in [1.29, 1.82) is 0 Å². The van der Waals surface area contributed by atoms with Gasteiger partial charge < -0.3 is 15.2 Å². The fraction of sp³-hybridized carbons (Fsp3) is 0.909. The van der Waals surface area contributed by atoms with E-state index in [1.54, 1.807) is 6.92 Å². The monoisotopic (exact) mass is 239 g/mol. The van der Waals surface area contributed by atoms with E-state index in [1.165, 1.54) is 32.1 Å². The SMILES string of the molecule is CCCCCCCCNC(C)C(=O)[O-].[K+]. The second kappa shape index (κ2) is 13.1. The summed E-state index contributed by atoms with van der Waals surface area (Å²) < 4.78 is 0. The first-order valence-corrected chi connectivity index (χ1v) is 5.62. The van der Waals surface area contributed by atoms with Crippen molar-refractivity contribution in [1.82, 2.24) is 5.32 Å². The first-order valence-electron chi connectivity index (χ1n) is 5.62. The zero-order chi connectivity index (χ0) is 10.8. The van der Waals surface area contributed by atoms with Crippen molar-refractivity contribution in [3.05, 3.63) is 0 Å². The van der Waals surface area contributed by atoms with Gasteiger partial charge in [0, 0.05) is 6.04 Å². The Morgan fingerprint density at radius 3 is 2.27 bits per heavy atom. The summed E-state index contributed by atoms with van der Waals surface area (Å²) in [5, 5.41) is 13.2. The van der Waals surface area contributed by atoms with Crippen molar-refractivity contribution >= 4 is 5.97 Å². The van der Waals surface area contributed by atoms with Gasteiger partial charge in [0.25, 0.3) is 0 Å². The summed E-state index contributed by atoms with van der Waals surface area (Å²) in [6, 6.07) is -0.523. The second-order valence-corrected chi connectivity index (χ2v) is 3.76. The molecule has 0 aliphatic heterocycles. The number of carboxylic acid groups (broad SMARTS) is 1. The summed E-state index contributed by atoms with van der Waals surface area (Å²) in [5.74, 6) is -1.02. The van der Waals surface area contributed by atoms with Crippen molar-refractivity contribution < 1.29 is 61.3 Å². The molecule has 0 saturated heterocycles. The second-order valence-electron chi connectivity index (χ2n) is 3.76. The fourth-order valence-electron chi connectivity index (χ4n) is 1.31. The Bertz CT molecular complexity index is 154. The summed E-state index contributed by atoms with van der Waals surface area (Å²) in [6.45, 7) is 4.59. The molecule has 0 fully saturated rings. The van der Waals surface area contributed by atoms with Crippen LogP contribution in [0.2, 0.25) is 0 Å². The van der Waals surface area contributed by atoms with Crippen LogP contribution >= 0.6 is 0 Å². The third kappa shape index (κ3) is 13.0. The Balaban J connectivity index is 0. The smallest absolute Gasteiger partial charge is 0.548 e. The molecular formula is C11H22KNO2. The molecule has 0 spiro atoms. The minimum Gasteiger partial charge on any atom is -0.548 e. The Hall–Kier alpha value is 1.07. The summed E-state index contributed by atoms with van der Waals surface area (Å²) in [5.41, 5.74) is 0. The molecule has 0 aromatic carbocycles. The van der Waals surface area contributed by atoms with Crippen LogP contribution in [0.15, 0.2) is 0 Å². The summed E-state index contributed by atoms with van der Waals surface area (Å²) >= 11 is 0. The number of unbranched alkanes of at least 4 members (excludes halogenated alkanes) is 5. The van der Waals surface area contributed by atoms with Gasteiger partial charge in [-0.25, -0.2) is 0 Å². The molecule has 0 amide bonds. The molecule has 1 unspecified atom stereocenters. The van der Waals surface area contributed by atoms with Gasteiger partial charge in [0.1, 0.15) is 0 Å². The normalized spacial score (nSPS) is 11.9. The van der Waals surface area contributed by atoms with Crippen LogP contribution in [0.1, 0.15) is 52.4 Å². The topological polar surface area (TPSA) is 52.2 Å². The third-order valence-corrected chi connectivity index (χ3v) is 2.33. The van der Waals surface area contributed by atoms with Crippen molar-refractivity contribution in [2.45, 2.75) is 58.4 Å². The van der Waals surface area contributed by atoms with Gasteiger partial charge in [0.15, 0.2) is 0 Å². The molecule has 0 saturated carbocycles. The van der Waals surface area contributed by atoms with Crippen LogP contribution in [0, 0.1) is 0 Å². The molecule has 0 aromatic heterocycles. The predicted molar refractivity (Wildman–Crippen MR) is 55.8 cm³/mol. The first kappa shape index (κ1) is 18.4. The van der Waals surface area contributed by atoms with E-state index in [0.717, 1.165) is 13.0 Å². The maximum atomic E-state index is 10.3. The zero-order valence-corrected chi connectivity index (χ0v) is 13.5. The number of hydrogen-bond acceptors (Lipinski definition) is 3. The number of aliphatic carboxylic acids is 1. The minimum atomic E-state index is -1.02.